The molecule has 0 aliphatic rings. The predicted molar refractivity (Wildman–Crippen MR) is 116 cm³/mol. The Kier molecular flexibility index (Phi) is 6.97. The summed E-state index contributed by atoms with van der Waals surface area (Å²) in [7, 11) is 3.37. The summed E-state index contributed by atoms with van der Waals surface area (Å²) in [6, 6.07) is 17.0. The number of para-hydroxylation sites is 1. The van der Waals surface area contributed by atoms with Crippen molar-refractivity contribution in [1.29, 1.82) is 0 Å². The highest BCUT2D eigenvalue weighted by Gasteiger charge is 2.12. The number of ether oxygens (including phenoxy) is 1. The Morgan fingerprint density at radius 3 is 2.48 bits per heavy atom. The number of rotatable bonds is 8. The molecule has 0 saturated heterocycles. The van der Waals surface area contributed by atoms with E-state index in [0.717, 1.165) is 22.7 Å². The summed E-state index contributed by atoms with van der Waals surface area (Å²) in [4.78, 5) is 30.5. The second-order valence-electron chi connectivity index (χ2n) is 6.46. The van der Waals surface area contributed by atoms with Crippen molar-refractivity contribution in [2.75, 3.05) is 24.4 Å². The summed E-state index contributed by atoms with van der Waals surface area (Å²) < 4.78 is 5.16. The Labute approximate surface area is 174 Å². The highest BCUT2D eigenvalue weighted by Crippen LogP contribution is 2.26. The zero-order valence-electron chi connectivity index (χ0n) is 16.4. The van der Waals surface area contributed by atoms with Crippen LogP contribution >= 0.6 is 11.3 Å². The van der Waals surface area contributed by atoms with Crippen LogP contribution in [0.15, 0.2) is 60.0 Å². The minimum Gasteiger partial charge on any atom is -0.497 e. The van der Waals surface area contributed by atoms with Crippen LogP contribution in [0, 0.1) is 0 Å². The molecular weight excluding hydrogens is 386 g/mol. The second kappa shape index (κ2) is 9.84. The fourth-order valence-electron chi connectivity index (χ4n) is 2.77. The highest BCUT2D eigenvalue weighted by atomic mass is 32.1. The van der Waals surface area contributed by atoms with E-state index in [1.54, 1.807) is 19.1 Å². The second-order valence-corrected chi connectivity index (χ2v) is 7.31. The molecular formula is C22H23N3O3S. The molecule has 1 N–H and O–H groups in total. The van der Waals surface area contributed by atoms with E-state index in [2.05, 4.69) is 10.3 Å². The molecule has 0 saturated carbocycles. The van der Waals surface area contributed by atoms with Crippen LogP contribution in [0.2, 0.25) is 0 Å². The van der Waals surface area contributed by atoms with Crippen LogP contribution in [0.5, 0.6) is 5.75 Å². The first-order valence-electron chi connectivity index (χ1n) is 9.28. The molecule has 0 atom stereocenters. The van der Waals surface area contributed by atoms with E-state index in [1.807, 2.05) is 60.0 Å². The molecule has 0 spiro atoms. The van der Waals surface area contributed by atoms with Gasteiger partial charge >= 0.3 is 0 Å². The zero-order chi connectivity index (χ0) is 20.6. The van der Waals surface area contributed by atoms with Crippen molar-refractivity contribution in [3.05, 3.63) is 60.0 Å². The minimum absolute atomic E-state index is 0.0139. The molecule has 150 valence electrons. The van der Waals surface area contributed by atoms with Crippen molar-refractivity contribution < 1.29 is 14.3 Å². The molecule has 0 unspecified atom stereocenters. The number of amides is 2. The van der Waals surface area contributed by atoms with Crippen LogP contribution in [-0.4, -0.2) is 31.0 Å². The minimum atomic E-state index is -0.143. The number of nitrogens with one attached hydrogen (secondary N) is 1. The third-order valence-corrected chi connectivity index (χ3v) is 5.21. The van der Waals surface area contributed by atoms with Crippen LogP contribution in [0.4, 0.5) is 10.8 Å². The van der Waals surface area contributed by atoms with Gasteiger partial charge < -0.3 is 15.0 Å². The van der Waals surface area contributed by atoms with Crippen molar-refractivity contribution in [2.45, 2.75) is 19.3 Å². The van der Waals surface area contributed by atoms with Crippen molar-refractivity contribution in [2.24, 2.45) is 0 Å². The molecule has 2 aromatic carbocycles. The lowest BCUT2D eigenvalue weighted by atomic mass is 10.2. The lowest BCUT2D eigenvalue weighted by Crippen LogP contribution is -2.26. The van der Waals surface area contributed by atoms with Gasteiger partial charge in [-0.25, -0.2) is 4.98 Å². The molecule has 0 aliphatic heterocycles. The van der Waals surface area contributed by atoms with Gasteiger partial charge in [-0.3, -0.25) is 9.59 Å². The summed E-state index contributed by atoms with van der Waals surface area (Å²) in [5, 5.41) is 5.26. The number of hydrogen-bond donors (Lipinski definition) is 1. The zero-order valence-corrected chi connectivity index (χ0v) is 17.2. The van der Waals surface area contributed by atoms with Crippen molar-refractivity contribution in [3.63, 3.8) is 0 Å². The summed E-state index contributed by atoms with van der Waals surface area (Å²) in [6.07, 6.45) is 1.07. The van der Waals surface area contributed by atoms with Gasteiger partial charge in [0.15, 0.2) is 5.13 Å². The molecule has 29 heavy (non-hydrogen) atoms. The van der Waals surface area contributed by atoms with Gasteiger partial charge in [0.25, 0.3) is 0 Å². The third-order valence-electron chi connectivity index (χ3n) is 4.45. The van der Waals surface area contributed by atoms with E-state index < -0.39 is 0 Å². The fourth-order valence-corrected chi connectivity index (χ4v) is 3.51. The maximum absolute atomic E-state index is 12.3. The number of carbonyl (C=O) groups is 2. The number of benzene rings is 2. The van der Waals surface area contributed by atoms with Crippen LogP contribution in [0.25, 0.3) is 11.3 Å². The SMILES string of the molecule is COc1ccc(-c2csc(NC(=O)CCCC(=O)N(C)c3ccccc3)n2)cc1. The monoisotopic (exact) mass is 409 g/mol. The predicted octanol–water partition coefficient (Wildman–Crippen LogP) is 4.59. The Bertz CT molecular complexity index is 955. The van der Waals surface area contributed by atoms with Gasteiger partial charge in [0.2, 0.25) is 11.8 Å². The topological polar surface area (TPSA) is 71.5 Å². The normalized spacial score (nSPS) is 10.4. The summed E-state index contributed by atoms with van der Waals surface area (Å²) in [6.45, 7) is 0. The van der Waals surface area contributed by atoms with E-state index in [1.165, 1.54) is 11.3 Å². The van der Waals surface area contributed by atoms with Crippen molar-refractivity contribution >= 4 is 34.0 Å². The molecule has 0 bridgehead atoms. The molecule has 1 aromatic heterocycles. The number of hydrogen-bond acceptors (Lipinski definition) is 5. The van der Waals surface area contributed by atoms with Crippen LogP contribution in [0.1, 0.15) is 19.3 Å². The molecule has 3 rings (SSSR count). The van der Waals surface area contributed by atoms with E-state index in [4.69, 9.17) is 4.74 Å². The van der Waals surface area contributed by atoms with Gasteiger partial charge in [-0.1, -0.05) is 18.2 Å². The Morgan fingerprint density at radius 2 is 1.79 bits per heavy atom. The lowest BCUT2D eigenvalue weighted by Gasteiger charge is -2.17. The molecule has 0 radical (unpaired) electrons. The van der Waals surface area contributed by atoms with Gasteiger partial charge in [0.1, 0.15) is 5.75 Å². The van der Waals surface area contributed by atoms with Gasteiger partial charge in [-0.15, -0.1) is 11.3 Å². The van der Waals surface area contributed by atoms with E-state index in [-0.39, 0.29) is 18.2 Å². The molecule has 6 nitrogen and oxygen atoms in total. The van der Waals surface area contributed by atoms with Crippen LogP contribution in [0.3, 0.4) is 0 Å². The highest BCUT2D eigenvalue weighted by molar-refractivity contribution is 7.14. The molecule has 7 heteroatoms. The Hall–Kier alpha value is -3.19. The van der Waals surface area contributed by atoms with Gasteiger partial charge in [0, 0.05) is 36.5 Å². The van der Waals surface area contributed by atoms with Crippen molar-refractivity contribution in [1.82, 2.24) is 4.98 Å². The number of anilines is 2. The van der Waals surface area contributed by atoms with Crippen LogP contribution in [-0.2, 0) is 9.59 Å². The van der Waals surface area contributed by atoms with Crippen molar-refractivity contribution in [3.8, 4) is 17.0 Å². The van der Waals surface area contributed by atoms with E-state index in [9.17, 15) is 9.59 Å². The summed E-state index contributed by atoms with van der Waals surface area (Å²) in [5.74, 6) is 0.626. The number of thiazole rings is 1. The average molecular weight is 410 g/mol. The smallest absolute Gasteiger partial charge is 0.226 e. The van der Waals surface area contributed by atoms with E-state index in [0.29, 0.717) is 18.0 Å². The standard InChI is InChI=1S/C22H23N3O3S/c1-25(17-7-4-3-5-8-17)21(27)10-6-9-20(26)24-22-23-19(15-29-22)16-11-13-18(28-2)14-12-16/h3-5,7-8,11-15H,6,9-10H2,1-2H3,(H,23,24,26). The first-order valence-corrected chi connectivity index (χ1v) is 10.2. The molecule has 0 fully saturated rings. The molecule has 0 aliphatic carbocycles. The fraction of sp³-hybridized carbons (Fsp3) is 0.227. The largest absolute Gasteiger partial charge is 0.497 e. The number of aromatic nitrogens is 1. The van der Waals surface area contributed by atoms with Gasteiger partial charge in [0.05, 0.1) is 12.8 Å². The maximum atomic E-state index is 12.3. The maximum Gasteiger partial charge on any atom is 0.226 e. The van der Waals surface area contributed by atoms with Crippen LogP contribution < -0.4 is 15.0 Å². The Morgan fingerprint density at radius 1 is 1.07 bits per heavy atom. The molecule has 1 heterocycles. The number of carbonyl (C=O) groups excluding carboxylic acids is 2. The molecule has 3 aromatic rings. The number of methoxy groups -OCH3 is 1. The molecule has 2 amide bonds. The number of nitrogens with zero attached hydrogens (tertiary/aromatic N) is 2. The summed E-state index contributed by atoms with van der Waals surface area (Å²) in [5.41, 5.74) is 2.60. The first kappa shape index (κ1) is 20.5. The third kappa shape index (κ3) is 5.65. The first-order chi connectivity index (χ1) is 14.1. The Balaban J connectivity index is 1.46. The van der Waals surface area contributed by atoms with Gasteiger partial charge in [-0.05, 0) is 42.8 Å². The average Bonchev–Trinajstić information content (AvgIpc) is 3.22. The lowest BCUT2D eigenvalue weighted by molar-refractivity contribution is -0.118. The van der Waals surface area contributed by atoms with E-state index >= 15 is 0 Å². The van der Waals surface area contributed by atoms with Gasteiger partial charge in [-0.2, -0.15) is 0 Å². The quantitative estimate of drug-likeness (QED) is 0.591. The summed E-state index contributed by atoms with van der Waals surface area (Å²) >= 11 is 1.38.